The first kappa shape index (κ1) is 15.3. The van der Waals surface area contributed by atoms with E-state index >= 15 is 0 Å². The highest BCUT2D eigenvalue weighted by Gasteiger charge is 2.44. The minimum absolute atomic E-state index is 0.248. The molecule has 0 amide bonds. The fourth-order valence-electron chi connectivity index (χ4n) is 2.43. The van der Waals surface area contributed by atoms with Gasteiger partial charge in [-0.3, -0.25) is 0 Å². The summed E-state index contributed by atoms with van der Waals surface area (Å²) < 4.78 is 31.0. The lowest BCUT2D eigenvalue weighted by molar-refractivity contribution is -0.0326. The topological polar surface area (TPSA) is 153 Å². The van der Waals surface area contributed by atoms with Crippen molar-refractivity contribution in [1.82, 2.24) is 19.3 Å². The normalized spacial score (nSPS) is 29.2. The molecule has 0 bridgehead atoms. The van der Waals surface area contributed by atoms with Crippen molar-refractivity contribution in [3.63, 3.8) is 0 Å². The van der Waals surface area contributed by atoms with Crippen LogP contribution in [0, 0.1) is 0 Å². The summed E-state index contributed by atoms with van der Waals surface area (Å²) in [5.41, 5.74) is 0.534. The number of nitrogens with two attached hydrogens (primary N) is 1. The van der Waals surface area contributed by atoms with E-state index in [9.17, 15) is 18.6 Å². The van der Waals surface area contributed by atoms with Crippen LogP contribution in [0.25, 0.3) is 11.0 Å². The molecule has 0 radical (unpaired) electrons. The number of aromatic nitrogens is 3. The van der Waals surface area contributed by atoms with Gasteiger partial charge in [0, 0.05) is 24.3 Å². The van der Waals surface area contributed by atoms with Crippen molar-refractivity contribution in [2.75, 3.05) is 6.54 Å². The highest BCUT2D eigenvalue weighted by atomic mass is 32.2. The molecule has 2 aromatic heterocycles. The Labute approximate surface area is 125 Å². The first-order chi connectivity index (χ1) is 10.4. The minimum atomic E-state index is -3.91. The van der Waals surface area contributed by atoms with E-state index in [0.717, 1.165) is 5.39 Å². The Morgan fingerprint density at radius 1 is 1.41 bits per heavy atom. The zero-order chi connectivity index (χ0) is 15.9. The van der Waals surface area contributed by atoms with Gasteiger partial charge in [0.15, 0.2) is 6.23 Å². The largest absolute Gasteiger partial charge is 0.387 e. The van der Waals surface area contributed by atoms with Gasteiger partial charge in [-0.15, -0.1) is 0 Å². The van der Waals surface area contributed by atoms with Crippen molar-refractivity contribution >= 4 is 21.2 Å². The van der Waals surface area contributed by atoms with Crippen LogP contribution in [-0.4, -0.2) is 58.0 Å². The van der Waals surface area contributed by atoms with Crippen LogP contribution in [0.5, 0.6) is 0 Å². The first-order valence-corrected chi connectivity index (χ1v) is 7.97. The molecule has 4 atom stereocenters. The number of rotatable bonds is 4. The van der Waals surface area contributed by atoms with Crippen molar-refractivity contribution in [3.8, 4) is 0 Å². The lowest BCUT2D eigenvalue weighted by Gasteiger charge is -2.17. The zero-order valence-electron chi connectivity index (χ0n) is 11.3. The van der Waals surface area contributed by atoms with E-state index in [2.05, 4.69) is 9.97 Å². The summed E-state index contributed by atoms with van der Waals surface area (Å²) in [6.07, 6.45) is 0.284. The molecule has 3 rings (SSSR count). The molecule has 0 aromatic carbocycles. The monoisotopic (exact) mass is 329 g/mol. The number of nitrogens with zero attached hydrogens (tertiary/aromatic N) is 3. The zero-order valence-corrected chi connectivity index (χ0v) is 12.1. The molecule has 10 nitrogen and oxygen atoms in total. The Bertz CT molecular complexity index is 778. The smallest absolute Gasteiger partial charge is 0.274 e. The molecule has 1 saturated heterocycles. The highest BCUT2D eigenvalue weighted by Crippen LogP contribution is 2.31. The molecule has 2 aromatic rings. The maximum Gasteiger partial charge on any atom is 0.274 e. The predicted molar refractivity (Wildman–Crippen MR) is 74.6 cm³/mol. The summed E-state index contributed by atoms with van der Waals surface area (Å²) in [5, 5.41) is 25.7. The second-order valence-corrected chi connectivity index (χ2v) is 6.34. The van der Waals surface area contributed by atoms with E-state index in [0.29, 0.717) is 5.65 Å². The van der Waals surface area contributed by atoms with Gasteiger partial charge in [0.05, 0.1) is 0 Å². The molecule has 0 aliphatic carbocycles. The summed E-state index contributed by atoms with van der Waals surface area (Å²) in [6.45, 7) is -0.248. The fraction of sp³-hybridized carbons (Fsp3) is 0.455. The van der Waals surface area contributed by atoms with E-state index in [1.54, 1.807) is 23.0 Å². The van der Waals surface area contributed by atoms with E-state index in [1.807, 2.05) is 4.72 Å². The molecule has 22 heavy (non-hydrogen) atoms. The van der Waals surface area contributed by atoms with Crippen LogP contribution in [0.4, 0.5) is 0 Å². The van der Waals surface area contributed by atoms with Gasteiger partial charge < -0.3 is 19.5 Å². The van der Waals surface area contributed by atoms with E-state index in [-0.39, 0.29) is 6.54 Å². The number of hydrogen-bond acceptors (Lipinski definition) is 7. The summed E-state index contributed by atoms with van der Waals surface area (Å²) in [7, 11) is -3.91. The molecule has 5 N–H and O–H groups in total. The Hall–Kier alpha value is -1.63. The third-order valence-electron chi connectivity index (χ3n) is 3.47. The molecule has 120 valence electrons. The summed E-state index contributed by atoms with van der Waals surface area (Å²) in [4.78, 5) is 7.99. The molecule has 0 unspecified atom stereocenters. The molecular formula is C11H15N5O5S. The molecule has 0 saturated carbocycles. The van der Waals surface area contributed by atoms with Crippen LogP contribution in [0.2, 0.25) is 0 Å². The maximum absolute atomic E-state index is 10.9. The quantitative estimate of drug-likeness (QED) is 0.498. The maximum atomic E-state index is 10.9. The van der Waals surface area contributed by atoms with Gasteiger partial charge in [-0.25, -0.2) is 15.1 Å². The number of ether oxygens (including phenoxy) is 1. The van der Waals surface area contributed by atoms with Crippen molar-refractivity contribution in [2.45, 2.75) is 24.5 Å². The summed E-state index contributed by atoms with van der Waals surface area (Å²) >= 11 is 0. The Morgan fingerprint density at radius 2 is 2.18 bits per heavy atom. The third kappa shape index (κ3) is 2.82. The Kier molecular flexibility index (Phi) is 3.84. The number of aliphatic hydroxyl groups excluding tert-OH is 2. The highest BCUT2D eigenvalue weighted by molar-refractivity contribution is 7.87. The average molecular weight is 329 g/mol. The molecule has 1 aliphatic heterocycles. The van der Waals surface area contributed by atoms with Gasteiger partial charge in [0.1, 0.15) is 30.3 Å². The van der Waals surface area contributed by atoms with Gasteiger partial charge in [-0.1, -0.05) is 0 Å². The number of fused-ring (bicyclic) bond motifs is 1. The van der Waals surface area contributed by atoms with Gasteiger partial charge >= 0.3 is 0 Å². The van der Waals surface area contributed by atoms with Crippen molar-refractivity contribution in [3.05, 3.63) is 24.8 Å². The summed E-state index contributed by atoms with van der Waals surface area (Å²) in [6, 6.07) is 1.74. The molecule has 1 aliphatic rings. The molecular weight excluding hydrogens is 314 g/mol. The standard InChI is InChI=1S/C11H15N5O5S/c12-22(19,20)15-4-7-8(17)9(18)11(21-7)16-2-1-6-3-13-5-14-10(6)16/h1-3,5,7-9,11,15,17-18H,4H2,(H2,12,19,20)/t7-,8-,9-,11-/m1/s1. The number of aliphatic hydroxyl groups is 2. The minimum Gasteiger partial charge on any atom is -0.387 e. The van der Waals surface area contributed by atoms with Gasteiger partial charge in [-0.2, -0.15) is 13.1 Å². The number of hydrogen-bond donors (Lipinski definition) is 4. The van der Waals surface area contributed by atoms with Crippen LogP contribution in [0.15, 0.2) is 24.8 Å². The van der Waals surface area contributed by atoms with Gasteiger partial charge in [0.2, 0.25) is 0 Å². The van der Waals surface area contributed by atoms with Gasteiger partial charge in [-0.05, 0) is 6.07 Å². The van der Waals surface area contributed by atoms with Crippen molar-refractivity contribution in [1.29, 1.82) is 0 Å². The van der Waals surface area contributed by atoms with Crippen LogP contribution in [0.1, 0.15) is 6.23 Å². The molecule has 1 fully saturated rings. The van der Waals surface area contributed by atoms with Crippen LogP contribution in [-0.2, 0) is 14.9 Å². The Balaban J connectivity index is 1.83. The molecule has 11 heteroatoms. The second kappa shape index (κ2) is 5.53. The van der Waals surface area contributed by atoms with Crippen molar-refractivity contribution < 1.29 is 23.4 Å². The molecule has 0 spiro atoms. The van der Waals surface area contributed by atoms with E-state index < -0.39 is 34.7 Å². The first-order valence-electron chi connectivity index (χ1n) is 6.42. The summed E-state index contributed by atoms with van der Waals surface area (Å²) in [5.74, 6) is 0. The SMILES string of the molecule is NS(=O)(=O)NC[C@H]1O[C@@H](n2ccc3cncnc32)[C@H](O)[C@@H]1O. The van der Waals surface area contributed by atoms with Crippen LogP contribution in [0.3, 0.4) is 0 Å². The number of nitrogens with one attached hydrogen (secondary N) is 1. The second-order valence-electron chi connectivity index (χ2n) is 4.96. The predicted octanol–water partition coefficient (Wildman–Crippen LogP) is -2.16. The third-order valence-corrected chi connectivity index (χ3v) is 4.04. The fourth-order valence-corrected chi connectivity index (χ4v) is 2.83. The van der Waals surface area contributed by atoms with Crippen LogP contribution < -0.4 is 9.86 Å². The van der Waals surface area contributed by atoms with Gasteiger partial charge in [0.25, 0.3) is 10.2 Å². The average Bonchev–Trinajstić information content (AvgIpc) is 3.00. The van der Waals surface area contributed by atoms with E-state index in [4.69, 9.17) is 9.88 Å². The van der Waals surface area contributed by atoms with E-state index in [1.165, 1.54) is 6.33 Å². The van der Waals surface area contributed by atoms with Crippen molar-refractivity contribution in [2.24, 2.45) is 5.14 Å². The Morgan fingerprint density at radius 3 is 2.91 bits per heavy atom. The lowest BCUT2D eigenvalue weighted by Crippen LogP contribution is -2.42. The lowest BCUT2D eigenvalue weighted by atomic mass is 10.1. The van der Waals surface area contributed by atoms with Crippen LogP contribution >= 0.6 is 0 Å². The molecule has 3 heterocycles.